The molecule has 3 atom stereocenters. The lowest BCUT2D eigenvalue weighted by Gasteiger charge is -2.24. The number of alkyl halides is 6. The molecular formula is C28H29F6N3O7SSi. The Morgan fingerprint density at radius 1 is 1.00 bits per heavy atom. The van der Waals surface area contributed by atoms with E-state index in [0.29, 0.717) is 12.1 Å². The number of hydrogen-bond acceptors (Lipinski definition) is 9. The van der Waals surface area contributed by atoms with Crippen molar-refractivity contribution in [1.29, 1.82) is 0 Å². The molecule has 18 heteroatoms. The normalized spacial score (nSPS) is 19.3. The molecule has 4 rings (SSSR count). The minimum Gasteiger partial charge on any atom is -0.466 e. The van der Waals surface area contributed by atoms with Gasteiger partial charge in [-0.2, -0.15) is 34.8 Å². The fourth-order valence-electron chi connectivity index (χ4n) is 5.15. The largest absolute Gasteiger partial charge is 0.534 e. The molecule has 1 aliphatic rings. The molecule has 0 N–H and O–H groups in total. The highest BCUT2D eigenvalue weighted by Crippen LogP contribution is 2.41. The van der Waals surface area contributed by atoms with Gasteiger partial charge in [0.15, 0.2) is 5.78 Å². The maximum absolute atomic E-state index is 13.6. The number of carbonyl (C=O) groups is 2. The third-order valence-corrected chi connectivity index (χ3v) is 10.3. The topological polar surface area (TPSA) is 135 Å². The van der Waals surface area contributed by atoms with Crippen LogP contribution in [0, 0.1) is 17.8 Å². The number of Topliss-reactive ketones (excluding diaryl/α,β-unsaturated/α-hetero) is 1. The standard InChI is InChI=1S/C28H29F6N3O7SSi/c1-46(2,3)13-12-43-26(40)23-17(15-37-25(39)21-14-18(27(29,30)31)7-11-22(21)35-36-37)6-10-20(23)24(38)16-4-8-19(9-5-16)44-45(41,42)28(32,33)34/h4-5,7-9,11,14,17,20,23H,6,10,12-13,15H2,1-3H3. The predicted molar refractivity (Wildman–Crippen MR) is 154 cm³/mol. The van der Waals surface area contributed by atoms with Crippen LogP contribution in [-0.2, 0) is 32.4 Å². The van der Waals surface area contributed by atoms with Gasteiger partial charge in [-0.25, -0.2) is 4.68 Å². The van der Waals surface area contributed by atoms with E-state index < -0.39 is 76.3 Å². The minimum absolute atomic E-state index is 0.0513. The molecule has 0 saturated heterocycles. The number of rotatable bonds is 10. The third kappa shape index (κ3) is 7.94. The molecule has 3 unspecified atom stereocenters. The second kappa shape index (κ2) is 12.8. The first-order valence-electron chi connectivity index (χ1n) is 13.9. The molecule has 1 saturated carbocycles. The Morgan fingerprint density at radius 2 is 1.65 bits per heavy atom. The average molecular weight is 694 g/mol. The van der Waals surface area contributed by atoms with E-state index in [9.17, 15) is 49.1 Å². The van der Waals surface area contributed by atoms with Crippen LogP contribution in [0.3, 0.4) is 0 Å². The number of ketones is 1. The van der Waals surface area contributed by atoms with E-state index in [1.807, 2.05) is 0 Å². The quantitative estimate of drug-likeness (QED) is 0.0679. The van der Waals surface area contributed by atoms with E-state index >= 15 is 0 Å². The van der Waals surface area contributed by atoms with Crippen molar-refractivity contribution in [2.24, 2.45) is 17.8 Å². The lowest BCUT2D eigenvalue weighted by atomic mass is 9.84. The Labute approximate surface area is 259 Å². The maximum Gasteiger partial charge on any atom is 0.534 e. The van der Waals surface area contributed by atoms with Crippen LogP contribution in [0.5, 0.6) is 5.75 Å². The summed E-state index contributed by atoms with van der Waals surface area (Å²) in [7, 11) is -7.57. The van der Waals surface area contributed by atoms with Crippen LogP contribution < -0.4 is 9.74 Å². The highest BCUT2D eigenvalue weighted by atomic mass is 32.2. The summed E-state index contributed by atoms with van der Waals surface area (Å²) >= 11 is 0. The van der Waals surface area contributed by atoms with Gasteiger partial charge < -0.3 is 8.92 Å². The van der Waals surface area contributed by atoms with Gasteiger partial charge in [-0.15, -0.1) is 5.10 Å². The molecule has 1 heterocycles. The summed E-state index contributed by atoms with van der Waals surface area (Å²) in [6.07, 6.45) is -4.37. The van der Waals surface area contributed by atoms with Gasteiger partial charge in [0.25, 0.3) is 5.56 Å². The van der Waals surface area contributed by atoms with Gasteiger partial charge in [0.05, 0.1) is 30.0 Å². The van der Waals surface area contributed by atoms with E-state index in [2.05, 4.69) is 34.1 Å². The lowest BCUT2D eigenvalue weighted by Crippen LogP contribution is -2.36. The molecule has 3 aromatic rings. The number of benzene rings is 2. The molecule has 46 heavy (non-hydrogen) atoms. The lowest BCUT2D eigenvalue weighted by molar-refractivity contribution is -0.150. The van der Waals surface area contributed by atoms with Crippen molar-refractivity contribution in [1.82, 2.24) is 15.0 Å². The Bertz CT molecular complexity index is 1790. The fourth-order valence-corrected chi connectivity index (χ4v) is 6.32. The van der Waals surface area contributed by atoms with Crippen molar-refractivity contribution in [2.45, 2.75) is 56.8 Å². The van der Waals surface area contributed by atoms with Gasteiger partial charge in [-0.3, -0.25) is 14.4 Å². The van der Waals surface area contributed by atoms with E-state index in [0.717, 1.165) is 41.1 Å². The zero-order chi connectivity index (χ0) is 34.2. The molecule has 10 nitrogen and oxygen atoms in total. The molecule has 250 valence electrons. The first-order chi connectivity index (χ1) is 21.2. The first kappa shape index (κ1) is 35.1. The molecule has 1 fully saturated rings. The van der Waals surface area contributed by atoms with E-state index in [1.165, 1.54) is 0 Å². The van der Waals surface area contributed by atoms with E-state index in [4.69, 9.17) is 4.74 Å². The summed E-state index contributed by atoms with van der Waals surface area (Å²) in [5.74, 6) is -4.84. The average Bonchev–Trinajstić information content (AvgIpc) is 3.36. The number of esters is 1. The number of aromatic nitrogens is 3. The molecule has 0 spiro atoms. The van der Waals surface area contributed by atoms with Crippen molar-refractivity contribution in [2.75, 3.05) is 6.61 Å². The van der Waals surface area contributed by atoms with Gasteiger partial charge in [-0.05, 0) is 67.3 Å². The first-order valence-corrected chi connectivity index (χ1v) is 19.1. The third-order valence-electron chi connectivity index (χ3n) is 7.58. The second-order valence-corrected chi connectivity index (χ2v) is 19.3. The monoisotopic (exact) mass is 693 g/mol. The summed E-state index contributed by atoms with van der Waals surface area (Å²) in [5.41, 5.74) is -7.71. The van der Waals surface area contributed by atoms with Gasteiger partial charge in [0, 0.05) is 19.6 Å². The van der Waals surface area contributed by atoms with Crippen LogP contribution in [0.15, 0.2) is 47.3 Å². The van der Waals surface area contributed by atoms with Gasteiger partial charge in [0.2, 0.25) is 0 Å². The Balaban J connectivity index is 1.62. The molecule has 0 amide bonds. The number of hydrogen-bond donors (Lipinski definition) is 0. The summed E-state index contributed by atoms with van der Waals surface area (Å²) in [5, 5.41) is 7.34. The van der Waals surface area contributed by atoms with E-state index in [-0.39, 0.29) is 42.5 Å². The highest BCUT2D eigenvalue weighted by molar-refractivity contribution is 7.88. The minimum atomic E-state index is -5.94. The van der Waals surface area contributed by atoms with Crippen molar-refractivity contribution >= 4 is 40.8 Å². The number of ether oxygens (including phenoxy) is 1. The van der Waals surface area contributed by atoms with Gasteiger partial charge >= 0.3 is 27.8 Å². The second-order valence-electron chi connectivity index (χ2n) is 12.1. The van der Waals surface area contributed by atoms with Crippen molar-refractivity contribution in [3.8, 4) is 5.75 Å². The smallest absolute Gasteiger partial charge is 0.466 e. The summed E-state index contributed by atoms with van der Waals surface area (Å²) < 4.78 is 111. The molecular weight excluding hydrogens is 664 g/mol. The van der Waals surface area contributed by atoms with Gasteiger partial charge in [-0.1, -0.05) is 24.9 Å². The predicted octanol–water partition coefficient (Wildman–Crippen LogP) is 5.45. The summed E-state index contributed by atoms with van der Waals surface area (Å²) in [6, 6.07) is 6.92. The van der Waals surface area contributed by atoms with Crippen LogP contribution in [0.4, 0.5) is 26.3 Å². The summed E-state index contributed by atoms with van der Waals surface area (Å²) in [6.45, 7) is 6.00. The van der Waals surface area contributed by atoms with Crippen LogP contribution in [-0.4, -0.2) is 55.4 Å². The van der Waals surface area contributed by atoms with Crippen LogP contribution in [0.2, 0.25) is 25.7 Å². The molecule has 0 bridgehead atoms. The van der Waals surface area contributed by atoms with Gasteiger partial charge in [0.1, 0.15) is 11.3 Å². The van der Waals surface area contributed by atoms with E-state index in [1.54, 1.807) is 0 Å². The highest BCUT2D eigenvalue weighted by Gasteiger charge is 2.49. The van der Waals surface area contributed by atoms with Crippen LogP contribution in [0.1, 0.15) is 28.8 Å². The molecule has 0 aliphatic heterocycles. The number of halogens is 6. The van der Waals surface area contributed by atoms with Crippen LogP contribution in [0.25, 0.3) is 10.9 Å². The molecule has 2 aromatic carbocycles. The molecule has 0 radical (unpaired) electrons. The number of fused-ring (bicyclic) bond motifs is 1. The number of nitrogens with zero attached hydrogens (tertiary/aromatic N) is 3. The van der Waals surface area contributed by atoms with Crippen molar-refractivity contribution in [3.05, 3.63) is 63.9 Å². The maximum atomic E-state index is 13.6. The van der Waals surface area contributed by atoms with Crippen LogP contribution >= 0.6 is 0 Å². The van der Waals surface area contributed by atoms with Crippen molar-refractivity contribution < 1.29 is 53.3 Å². The number of carbonyl (C=O) groups excluding carboxylic acids is 2. The summed E-state index contributed by atoms with van der Waals surface area (Å²) in [4.78, 5) is 40.2. The zero-order valence-electron chi connectivity index (χ0n) is 24.7. The fraction of sp³-hybridized carbons (Fsp3) is 0.464. The Hall–Kier alpha value is -3.80. The molecule has 1 aliphatic carbocycles. The molecule has 1 aromatic heterocycles. The Morgan fingerprint density at radius 3 is 2.24 bits per heavy atom. The Kier molecular flexibility index (Phi) is 9.73. The zero-order valence-corrected chi connectivity index (χ0v) is 26.5. The SMILES string of the molecule is C[Si](C)(C)CCOC(=O)C1C(Cn2nnc3ccc(C(F)(F)F)cc3c2=O)CCC1C(=O)c1ccc(OS(=O)(=O)C(F)(F)F)cc1. The van der Waals surface area contributed by atoms with Crippen molar-refractivity contribution in [3.63, 3.8) is 0 Å².